The van der Waals surface area contributed by atoms with Crippen molar-refractivity contribution in [3.05, 3.63) is 58.4 Å². The highest BCUT2D eigenvalue weighted by Gasteiger charge is 2.22. The molecular formula is C24H31FO4. The average Bonchev–Trinajstić information content (AvgIpc) is 2.70. The van der Waals surface area contributed by atoms with Crippen LogP contribution in [0.2, 0.25) is 0 Å². The van der Waals surface area contributed by atoms with Crippen LogP contribution < -0.4 is 0 Å². The summed E-state index contributed by atoms with van der Waals surface area (Å²) >= 11 is 0. The highest BCUT2D eigenvalue weighted by atomic mass is 19.1. The molecule has 29 heavy (non-hydrogen) atoms. The van der Waals surface area contributed by atoms with E-state index in [1.165, 1.54) is 12.1 Å². The second-order valence-corrected chi connectivity index (χ2v) is 7.62. The first kappa shape index (κ1) is 23.2. The molecule has 0 amide bonds. The standard InChI is InChI=1S/C24H31FO4/c1-16(2)20-12-21(17(3)4)23(14-29-15-28-11-10-27-5)24(22(20)13-26)18-6-8-19(25)9-7-18/h6-9,12-13,16-17H,10-11,14-15H2,1-5H3. The van der Waals surface area contributed by atoms with Gasteiger partial charge in [-0.15, -0.1) is 0 Å². The number of halogens is 1. The SMILES string of the molecule is COCCOCOCc1c(C(C)C)cc(C(C)C)c(C=O)c1-c1ccc(F)cc1. The lowest BCUT2D eigenvalue weighted by atomic mass is 9.82. The Balaban J connectivity index is 2.54. The van der Waals surface area contributed by atoms with Crippen LogP contribution in [0, 0.1) is 5.82 Å². The van der Waals surface area contributed by atoms with Crippen molar-refractivity contribution in [1.29, 1.82) is 0 Å². The number of methoxy groups -OCH3 is 1. The van der Waals surface area contributed by atoms with Crippen LogP contribution in [0.4, 0.5) is 4.39 Å². The van der Waals surface area contributed by atoms with Gasteiger partial charge in [0.25, 0.3) is 0 Å². The molecule has 158 valence electrons. The fraction of sp³-hybridized carbons (Fsp3) is 0.458. The maximum absolute atomic E-state index is 13.5. The zero-order valence-corrected chi connectivity index (χ0v) is 18.0. The third kappa shape index (κ3) is 5.95. The van der Waals surface area contributed by atoms with Crippen LogP contribution in [0.25, 0.3) is 11.1 Å². The van der Waals surface area contributed by atoms with Gasteiger partial charge in [0.1, 0.15) is 12.6 Å². The number of hydrogen-bond donors (Lipinski definition) is 0. The maximum atomic E-state index is 13.5. The van der Waals surface area contributed by atoms with Crippen molar-refractivity contribution in [1.82, 2.24) is 0 Å². The number of ether oxygens (including phenoxy) is 3. The van der Waals surface area contributed by atoms with Gasteiger partial charge in [0.05, 0.1) is 19.8 Å². The number of aldehydes is 1. The number of benzene rings is 2. The number of rotatable bonds is 11. The third-order valence-electron chi connectivity index (χ3n) is 4.88. The van der Waals surface area contributed by atoms with Crippen molar-refractivity contribution in [3.63, 3.8) is 0 Å². The Bertz CT molecular complexity index is 798. The lowest BCUT2D eigenvalue weighted by Crippen LogP contribution is -2.11. The van der Waals surface area contributed by atoms with Crippen molar-refractivity contribution in [3.8, 4) is 11.1 Å². The molecule has 0 bridgehead atoms. The van der Waals surface area contributed by atoms with E-state index in [1.807, 2.05) is 0 Å². The molecule has 0 aromatic heterocycles. The first-order valence-corrected chi connectivity index (χ1v) is 9.95. The number of carbonyl (C=O) groups is 1. The highest BCUT2D eigenvalue weighted by Crippen LogP contribution is 2.38. The Kier molecular flexibility index (Phi) is 8.96. The topological polar surface area (TPSA) is 44.8 Å². The van der Waals surface area contributed by atoms with Crippen molar-refractivity contribution in [2.24, 2.45) is 0 Å². The van der Waals surface area contributed by atoms with Gasteiger partial charge in [-0.05, 0) is 51.8 Å². The molecular weight excluding hydrogens is 371 g/mol. The molecule has 0 spiro atoms. The predicted octanol–water partition coefficient (Wildman–Crippen LogP) is 5.69. The molecule has 0 saturated heterocycles. The van der Waals surface area contributed by atoms with Gasteiger partial charge in [0.2, 0.25) is 0 Å². The lowest BCUT2D eigenvalue weighted by Gasteiger charge is -2.24. The molecule has 0 radical (unpaired) electrons. The highest BCUT2D eigenvalue weighted by molar-refractivity contribution is 5.92. The van der Waals surface area contributed by atoms with Crippen molar-refractivity contribution in [2.45, 2.75) is 46.1 Å². The van der Waals surface area contributed by atoms with Crippen LogP contribution in [0.1, 0.15) is 66.6 Å². The first-order chi connectivity index (χ1) is 13.9. The van der Waals surface area contributed by atoms with Crippen LogP contribution in [0.3, 0.4) is 0 Å². The minimum absolute atomic E-state index is 0.131. The van der Waals surface area contributed by atoms with Crippen LogP contribution >= 0.6 is 0 Å². The van der Waals surface area contributed by atoms with E-state index in [-0.39, 0.29) is 24.4 Å². The van der Waals surface area contributed by atoms with E-state index in [0.29, 0.717) is 25.4 Å². The molecule has 2 aromatic rings. The fourth-order valence-corrected chi connectivity index (χ4v) is 3.41. The Morgan fingerprint density at radius 3 is 2.17 bits per heavy atom. The monoisotopic (exact) mass is 402 g/mol. The normalized spacial score (nSPS) is 11.4. The molecule has 0 atom stereocenters. The van der Waals surface area contributed by atoms with Gasteiger partial charge < -0.3 is 14.2 Å². The molecule has 0 aliphatic carbocycles. The quantitative estimate of drug-likeness (QED) is 0.275. The van der Waals surface area contributed by atoms with E-state index in [0.717, 1.165) is 34.1 Å². The molecule has 0 aliphatic rings. The molecule has 0 aliphatic heterocycles. The van der Waals surface area contributed by atoms with E-state index in [4.69, 9.17) is 14.2 Å². The Morgan fingerprint density at radius 2 is 1.62 bits per heavy atom. The summed E-state index contributed by atoms with van der Waals surface area (Å²) in [5, 5.41) is 0. The summed E-state index contributed by atoms with van der Waals surface area (Å²) in [6, 6.07) is 8.37. The summed E-state index contributed by atoms with van der Waals surface area (Å²) < 4.78 is 29.7. The molecule has 0 N–H and O–H groups in total. The molecule has 5 heteroatoms. The average molecular weight is 403 g/mol. The minimum Gasteiger partial charge on any atom is -0.382 e. The summed E-state index contributed by atoms with van der Waals surface area (Å²) in [7, 11) is 1.62. The van der Waals surface area contributed by atoms with Crippen molar-refractivity contribution < 1.29 is 23.4 Å². The van der Waals surface area contributed by atoms with Crippen LogP contribution in [-0.2, 0) is 20.8 Å². The molecule has 4 nitrogen and oxygen atoms in total. The van der Waals surface area contributed by atoms with Crippen LogP contribution in [0.5, 0.6) is 0 Å². The molecule has 0 fully saturated rings. The first-order valence-electron chi connectivity index (χ1n) is 9.95. The van der Waals surface area contributed by atoms with Gasteiger partial charge in [0, 0.05) is 12.7 Å². The van der Waals surface area contributed by atoms with E-state index >= 15 is 0 Å². The van der Waals surface area contributed by atoms with Gasteiger partial charge >= 0.3 is 0 Å². The second-order valence-electron chi connectivity index (χ2n) is 7.62. The summed E-state index contributed by atoms with van der Waals surface area (Å²) in [6.45, 7) is 9.75. The van der Waals surface area contributed by atoms with E-state index in [9.17, 15) is 9.18 Å². The second kappa shape index (κ2) is 11.2. The minimum atomic E-state index is -0.310. The molecule has 0 heterocycles. The number of carbonyl (C=O) groups excluding carboxylic acids is 1. The van der Waals surface area contributed by atoms with Gasteiger partial charge in [-0.2, -0.15) is 0 Å². The zero-order chi connectivity index (χ0) is 21.4. The smallest absolute Gasteiger partial charge is 0.150 e. The lowest BCUT2D eigenvalue weighted by molar-refractivity contribution is -0.0725. The van der Waals surface area contributed by atoms with Gasteiger partial charge in [-0.25, -0.2) is 4.39 Å². The van der Waals surface area contributed by atoms with Crippen molar-refractivity contribution >= 4 is 6.29 Å². The van der Waals surface area contributed by atoms with Gasteiger partial charge in [-0.3, -0.25) is 4.79 Å². The third-order valence-corrected chi connectivity index (χ3v) is 4.88. The molecule has 2 aromatic carbocycles. The zero-order valence-electron chi connectivity index (χ0n) is 18.0. The Hall–Kier alpha value is -2.08. The van der Waals surface area contributed by atoms with Crippen molar-refractivity contribution in [2.75, 3.05) is 27.1 Å². The summed E-state index contributed by atoms with van der Waals surface area (Å²) in [5.41, 5.74) is 5.30. The fourth-order valence-electron chi connectivity index (χ4n) is 3.41. The van der Waals surface area contributed by atoms with Crippen LogP contribution in [0.15, 0.2) is 30.3 Å². The van der Waals surface area contributed by atoms with E-state index in [2.05, 4.69) is 33.8 Å². The Labute approximate surface area is 173 Å². The Morgan fingerprint density at radius 1 is 0.966 bits per heavy atom. The maximum Gasteiger partial charge on any atom is 0.150 e. The predicted molar refractivity (Wildman–Crippen MR) is 113 cm³/mol. The molecule has 2 rings (SSSR count). The van der Waals surface area contributed by atoms with Gasteiger partial charge in [-0.1, -0.05) is 45.9 Å². The van der Waals surface area contributed by atoms with Gasteiger partial charge in [0.15, 0.2) is 6.29 Å². The summed E-state index contributed by atoms with van der Waals surface area (Å²) in [6.07, 6.45) is 0.900. The summed E-state index contributed by atoms with van der Waals surface area (Å²) in [5.74, 6) is 0.106. The van der Waals surface area contributed by atoms with Crippen LogP contribution in [-0.4, -0.2) is 33.4 Å². The molecule has 0 saturated carbocycles. The summed E-state index contributed by atoms with van der Waals surface area (Å²) in [4.78, 5) is 12.1. The molecule has 0 unspecified atom stereocenters. The largest absolute Gasteiger partial charge is 0.382 e. The van der Waals surface area contributed by atoms with E-state index in [1.54, 1.807) is 19.2 Å². The number of hydrogen-bond acceptors (Lipinski definition) is 4. The van der Waals surface area contributed by atoms with E-state index < -0.39 is 0 Å².